The van der Waals surface area contributed by atoms with E-state index in [9.17, 15) is 0 Å². The molecule has 0 saturated heterocycles. The smallest absolute Gasteiger partial charge is 0.228 e. The molecule has 0 aliphatic heterocycles. The van der Waals surface area contributed by atoms with Gasteiger partial charge in [-0.05, 0) is 18.4 Å². The lowest BCUT2D eigenvalue weighted by molar-refractivity contribution is 0.371. The molecule has 0 bridgehead atoms. The maximum Gasteiger partial charge on any atom is 0.228 e. The van der Waals surface area contributed by atoms with Crippen LogP contribution in [0.4, 0.5) is 0 Å². The van der Waals surface area contributed by atoms with E-state index >= 15 is 0 Å². The molecule has 0 atom stereocenters. The highest BCUT2D eigenvalue weighted by Gasteiger charge is 2.09. The molecule has 0 aromatic carbocycles. The number of rotatable bonds is 7. The number of hydrogen-bond donors (Lipinski definition) is 2. The highest BCUT2D eigenvalue weighted by atomic mass is 32.1. The Kier molecular flexibility index (Phi) is 6.39. The highest BCUT2D eigenvalue weighted by molar-refractivity contribution is 7.09. The number of nitrogens with one attached hydrogen (secondary N) is 2. The summed E-state index contributed by atoms with van der Waals surface area (Å²) >= 11 is 1.71. The fourth-order valence-electron chi connectivity index (χ4n) is 1.79. The van der Waals surface area contributed by atoms with E-state index in [1.807, 2.05) is 19.9 Å². The third-order valence-corrected chi connectivity index (χ3v) is 3.81. The van der Waals surface area contributed by atoms with Crippen LogP contribution in [0.15, 0.2) is 27.0 Å². The van der Waals surface area contributed by atoms with Gasteiger partial charge in [-0.3, -0.25) is 0 Å². The number of nitrogens with zero attached hydrogens (tertiary/aromatic N) is 3. The molecule has 0 radical (unpaired) electrons. The number of thiophene rings is 1. The Bertz CT molecular complexity index is 577. The highest BCUT2D eigenvalue weighted by Crippen LogP contribution is 2.10. The molecule has 0 aliphatic carbocycles. The van der Waals surface area contributed by atoms with Crippen LogP contribution in [0.5, 0.6) is 0 Å². The van der Waals surface area contributed by atoms with E-state index in [0.29, 0.717) is 25.4 Å². The molecule has 0 amide bonds. The monoisotopic (exact) mass is 321 g/mol. The van der Waals surface area contributed by atoms with E-state index in [0.717, 1.165) is 18.3 Å². The first kappa shape index (κ1) is 16.5. The Morgan fingerprint density at radius 2 is 2.27 bits per heavy atom. The second-order valence-corrected chi connectivity index (χ2v) is 6.18. The van der Waals surface area contributed by atoms with Crippen molar-refractivity contribution in [2.45, 2.75) is 39.7 Å². The minimum atomic E-state index is 0.287. The SMILES string of the molecule is CCNC(=NCc1cccs1)NCCc1nc(C(C)C)no1. The van der Waals surface area contributed by atoms with Gasteiger partial charge in [-0.15, -0.1) is 11.3 Å². The molecule has 2 N–H and O–H groups in total. The first-order chi connectivity index (χ1) is 10.7. The Hall–Kier alpha value is -1.89. The predicted octanol–water partition coefficient (Wildman–Crippen LogP) is 2.55. The quantitative estimate of drug-likeness (QED) is 0.605. The van der Waals surface area contributed by atoms with Crippen molar-refractivity contribution in [3.63, 3.8) is 0 Å². The van der Waals surface area contributed by atoms with Gasteiger partial charge in [0.25, 0.3) is 0 Å². The zero-order valence-corrected chi connectivity index (χ0v) is 14.1. The Balaban J connectivity index is 1.81. The maximum atomic E-state index is 5.23. The molecule has 0 aliphatic rings. The molecule has 2 rings (SSSR count). The standard InChI is InChI=1S/C15H23N5OS/c1-4-16-15(18-10-12-6-5-9-22-12)17-8-7-13-19-14(11(2)3)20-21-13/h5-6,9,11H,4,7-8,10H2,1-3H3,(H2,16,17,18). The van der Waals surface area contributed by atoms with Crippen molar-refractivity contribution in [2.24, 2.45) is 4.99 Å². The average molecular weight is 321 g/mol. The molecule has 120 valence electrons. The molecule has 0 fully saturated rings. The Labute approximate surface area is 135 Å². The van der Waals surface area contributed by atoms with Crippen molar-refractivity contribution >= 4 is 17.3 Å². The van der Waals surface area contributed by atoms with Crippen LogP contribution >= 0.6 is 11.3 Å². The van der Waals surface area contributed by atoms with Crippen LogP contribution in [-0.2, 0) is 13.0 Å². The van der Waals surface area contributed by atoms with Crippen LogP contribution < -0.4 is 10.6 Å². The maximum absolute atomic E-state index is 5.23. The summed E-state index contributed by atoms with van der Waals surface area (Å²) in [6.45, 7) is 8.37. The van der Waals surface area contributed by atoms with Crippen molar-refractivity contribution < 1.29 is 4.52 Å². The molecule has 2 aromatic heterocycles. The Morgan fingerprint density at radius 3 is 2.91 bits per heavy atom. The van der Waals surface area contributed by atoms with E-state index < -0.39 is 0 Å². The summed E-state index contributed by atoms with van der Waals surface area (Å²) < 4.78 is 5.23. The predicted molar refractivity (Wildman–Crippen MR) is 89.2 cm³/mol. The molecule has 0 saturated carbocycles. The van der Waals surface area contributed by atoms with Gasteiger partial charge in [0.15, 0.2) is 11.8 Å². The van der Waals surface area contributed by atoms with Gasteiger partial charge in [-0.25, -0.2) is 4.99 Å². The number of hydrogen-bond acceptors (Lipinski definition) is 5. The first-order valence-electron chi connectivity index (χ1n) is 7.56. The molecule has 2 aromatic rings. The van der Waals surface area contributed by atoms with Gasteiger partial charge in [0.2, 0.25) is 5.89 Å². The lowest BCUT2D eigenvalue weighted by atomic mass is 10.2. The van der Waals surface area contributed by atoms with E-state index in [1.165, 1.54) is 4.88 Å². The minimum Gasteiger partial charge on any atom is -0.357 e. The fraction of sp³-hybridized carbons (Fsp3) is 0.533. The van der Waals surface area contributed by atoms with Crippen LogP contribution in [-0.4, -0.2) is 29.2 Å². The second-order valence-electron chi connectivity index (χ2n) is 5.15. The molecule has 0 spiro atoms. The molecule has 7 heteroatoms. The summed E-state index contributed by atoms with van der Waals surface area (Å²) in [6, 6.07) is 4.13. The summed E-state index contributed by atoms with van der Waals surface area (Å²) in [6.07, 6.45) is 0.684. The molecular weight excluding hydrogens is 298 g/mol. The van der Waals surface area contributed by atoms with Crippen molar-refractivity contribution in [1.82, 2.24) is 20.8 Å². The molecule has 6 nitrogen and oxygen atoms in total. The molecular formula is C15H23N5OS. The number of aromatic nitrogens is 2. The van der Waals surface area contributed by atoms with E-state index in [1.54, 1.807) is 11.3 Å². The minimum absolute atomic E-state index is 0.287. The summed E-state index contributed by atoms with van der Waals surface area (Å²) in [5, 5.41) is 12.5. The summed E-state index contributed by atoms with van der Waals surface area (Å²) in [5.41, 5.74) is 0. The summed E-state index contributed by atoms with van der Waals surface area (Å²) in [7, 11) is 0. The zero-order chi connectivity index (χ0) is 15.8. The first-order valence-corrected chi connectivity index (χ1v) is 8.44. The largest absolute Gasteiger partial charge is 0.357 e. The van der Waals surface area contributed by atoms with Crippen LogP contribution in [0, 0.1) is 0 Å². The molecule has 22 heavy (non-hydrogen) atoms. The van der Waals surface area contributed by atoms with Gasteiger partial charge in [-0.2, -0.15) is 4.98 Å². The average Bonchev–Trinajstić information content (AvgIpc) is 3.16. The van der Waals surface area contributed by atoms with Gasteiger partial charge in [-0.1, -0.05) is 25.1 Å². The van der Waals surface area contributed by atoms with E-state index in [4.69, 9.17) is 4.52 Å². The van der Waals surface area contributed by atoms with Crippen molar-refractivity contribution in [3.05, 3.63) is 34.1 Å². The van der Waals surface area contributed by atoms with Crippen molar-refractivity contribution in [2.75, 3.05) is 13.1 Å². The Morgan fingerprint density at radius 1 is 1.41 bits per heavy atom. The normalized spacial score (nSPS) is 11.9. The third kappa shape index (κ3) is 5.14. The van der Waals surface area contributed by atoms with Crippen LogP contribution in [0.25, 0.3) is 0 Å². The third-order valence-electron chi connectivity index (χ3n) is 2.95. The van der Waals surface area contributed by atoms with E-state index in [2.05, 4.69) is 44.1 Å². The summed E-state index contributed by atoms with van der Waals surface area (Å²) in [5.74, 6) is 2.51. The lowest BCUT2D eigenvalue weighted by Crippen LogP contribution is -2.38. The van der Waals surface area contributed by atoms with Gasteiger partial charge in [0, 0.05) is 30.3 Å². The fourth-order valence-corrected chi connectivity index (χ4v) is 2.42. The van der Waals surface area contributed by atoms with Crippen molar-refractivity contribution in [3.8, 4) is 0 Å². The lowest BCUT2D eigenvalue weighted by Gasteiger charge is -2.09. The van der Waals surface area contributed by atoms with Crippen molar-refractivity contribution in [1.29, 1.82) is 0 Å². The van der Waals surface area contributed by atoms with Crippen LogP contribution in [0.1, 0.15) is 43.3 Å². The van der Waals surface area contributed by atoms with Crippen LogP contribution in [0.3, 0.4) is 0 Å². The van der Waals surface area contributed by atoms with Gasteiger partial charge in [0.1, 0.15) is 0 Å². The molecule has 2 heterocycles. The number of aliphatic imine (C=N–C) groups is 1. The van der Waals surface area contributed by atoms with Gasteiger partial charge in [0.05, 0.1) is 6.54 Å². The van der Waals surface area contributed by atoms with E-state index in [-0.39, 0.29) is 5.92 Å². The zero-order valence-electron chi connectivity index (χ0n) is 13.3. The van der Waals surface area contributed by atoms with Gasteiger partial charge < -0.3 is 15.2 Å². The van der Waals surface area contributed by atoms with Gasteiger partial charge >= 0.3 is 0 Å². The topological polar surface area (TPSA) is 75.3 Å². The summed E-state index contributed by atoms with van der Waals surface area (Å²) in [4.78, 5) is 10.2. The number of guanidine groups is 1. The second kappa shape index (κ2) is 8.53. The van der Waals surface area contributed by atoms with Crippen LogP contribution in [0.2, 0.25) is 0 Å². The molecule has 0 unspecified atom stereocenters.